The van der Waals surface area contributed by atoms with E-state index in [9.17, 15) is 4.79 Å². The minimum atomic E-state index is -0.260. The van der Waals surface area contributed by atoms with Crippen LogP contribution >= 0.6 is 0 Å². The highest BCUT2D eigenvalue weighted by molar-refractivity contribution is 5.81. The number of nitrogens with one attached hydrogen (secondary N) is 2. The highest BCUT2D eigenvalue weighted by atomic mass is 16.5. The largest absolute Gasteiger partial charge is 0.495 e. The fraction of sp³-hybridized carbons (Fsp3) is 0.579. The zero-order valence-electron chi connectivity index (χ0n) is 16.1. The molecule has 2 unspecified atom stereocenters. The minimum Gasteiger partial charge on any atom is -0.495 e. The Kier molecular flexibility index (Phi) is 7.56. The number of methoxy groups -OCH3 is 2. The van der Waals surface area contributed by atoms with Gasteiger partial charge >= 0.3 is 5.97 Å². The molecular formula is C19H30N4O3. The number of anilines is 1. The lowest BCUT2D eigenvalue weighted by Crippen LogP contribution is -2.45. The second-order valence-electron chi connectivity index (χ2n) is 6.39. The monoisotopic (exact) mass is 362 g/mol. The first kappa shape index (κ1) is 19.9. The molecule has 0 spiro atoms. The molecule has 0 aliphatic carbocycles. The molecule has 1 aromatic rings. The Bertz CT molecular complexity index is 621. The van der Waals surface area contributed by atoms with Crippen molar-refractivity contribution in [2.24, 2.45) is 10.9 Å². The van der Waals surface area contributed by atoms with Crippen LogP contribution in [0.1, 0.15) is 20.3 Å². The molecule has 144 valence electrons. The summed E-state index contributed by atoms with van der Waals surface area (Å²) in [6.07, 6.45) is 1.01. The van der Waals surface area contributed by atoms with Crippen molar-refractivity contribution >= 4 is 17.6 Å². The standard InChI is InChI=1S/C19H30N4O3/c1-5-20-19(21-12-14(2)18(24)26-4)22-15-10-11-23(13-15)16-8-6-7-9-17(16)25-3/h6-9,14-15H,5,10-13H2,1-4H3,(H2,20,21,22). The van der Waals surface area contributed by atoms with Crippen molar-refractivity contribution in [2.75, 3.05) is 45.3 Å². The Balaban J connectivity index is 1.96. The molecule has 1 saturated heterocycles. The average Bonchev–Trinajstić information content (AvgIpc) is 3.13. The predicted molar refractivity (Wildman–Crippen MR) is 104 cm³/mol. The van der Waals surface area contributed by atoms with E-state index >= 15 is 0 Å². The van der Waals surface area contributed by atoms with Gasteiger partial charge in [-0.15, -0.1) is 0 Å². The summed E-state index contributed by atoms with van der Waals surface area (Å²) in [5.74, 6) is 1.12. The molecule has 1 aliphatic rings. The first-order chi connectivity index (χ1) is 12.6. The van der Waals surface area contributed by atoms with Crippen molar-refractivity contribution in [1.82, 2.24) is 10.6 Å². The van der Waals surface area contributed by atoms with Crippen molar-refractivity contribution < 1.29 is 14.3 Å². The molecule has 7 nitrogen and oxygen atoms in total. The van der Waals surface area contributed by atoms with Crippen LogP contribution in [-0.4, -0.2) is 58.4 Å². The lowest BCUT2D eigenvalue weighted by molar-refractivity contribution is -0.144. The number of hydrogen-bond acceptors (Lipinski definition) is 5. The number of carbonyl (C=O) groups excluding carboxylic acids is 1. The summed E-state index contributed by atoms with van der Waals surface area (Å²) >= 11 is 0. The minimum absolute atomic E-state index is 0.243. The van der Waals surface area contributed by atoms with E-state index in [4.69, 9.17) is 9.47 Å². The number of ether oxygens (including phenoxy) is 2. The molecule has 1 heterocycles. The Morgan fingerprint density at radius 3 is 2.85 bits per heavy atom. The molecular weight excluding hydrogens is 332 g/mol. The normalized spacial score (nSPS) is 18.4. The van der Waals surface area contributed by atoms with Crippen molar-refractivity contribution in [3.8, 4) is 5.75 Å². The van der Waals surface area contributed by atoms with Crippen LogP contribution in [-0.2, 0) is 9.53 Å². The summed E-state index contributed by atoms with van der Waals surface area (Å²) in [7, 11) is 3.10. The number of para-hydroxylation sites is 2. The Morgan fingerprint density at radius 2 is 2.15 bits per heavy atom. The Hall–Kier alpha value is -2.44. The lowest BCUT2D eigenvalue weighted by atomic mass is 10.2. The average molecular weight is 362 g/mol. The highest BCUT2D eigenvalue weighted by Crippen LogP contribution is 2.30. The Labute approximate surface area is 155 Å². The zero-order valence-corrected chi connectivity index (χ0v) is 16.1. The molecule has 0 saturated carbocycles. The van der Waals surface area contributed by atoms with Crippen LogP contribution < -0.4 is 20.3 Å². The molecule has 0 aromatic heterocycles. The summed E-state index contributed by atoms with van der Waals surface area (Å²) in [5.41, 5.74) is 1.11. The van der Waals surface area contributed by atoms with Gasteiger partial charge in [-0.3, -0.25) is 9.79 Å². The van der Waals surface area contributed by atoms with Gasteiger partial charge in [-0.25, -0.2) is 0 Å². The fourth-order valence-electron chi connectivity index (χ4n) is 3.01. The molecule has 2 atom stereocenters. The van der Waals surface area contributed by atoms with Crippen molar-refractivity contribution in [3.63, 3.8) is 0 Å². The molecule has 0 bridgehead atoms. The Morgan fingerprint density at radius 1 is 1.38 bits per heavy atom. The second-order valence-corrected chi connectivity index (χ2v) is 6.39. The summed E-state index contributed by atoms with van der Waals surface area (Å²) in [6.45, 7) is 6.83. The number of guanidine groups is 1. The van der Waals surface area contributed by atoms with Crippen molar-refractivity contribution in [3.05, 3.63) is 24.3 Å². The van der Waals surface area contributed by atoms with E-state index in [1.165, 1.54) is 7.11 Å². The topological polar surface area (TPSA) is 75.2 Å². The van der Waals surface area contributed by atoms with E-state index in [1.807, 2.05) is 32.0 Å². The van der Waals surface area contributed by atoms with Gasteiger partial charge in [-0.05, 0) is 25.5 Å². The van der Waals surface area contributed by atoms with Crippen LogP contribution in [0.2, 0.25) is 0 Å². The van der Waals surface area contributed by atoms with Crippen LogP contribution in [0, 0.1) is 5.92 Å². The van der Waals surface area contributed by atoms with Gasteiger partial charge in [-0.1, -0.05) is 19.1 Å². The molecule has 1 fully saturated rings. The number of nitrogens with zero attached hydrogens (tertiary/aromatic N) is 2. The van der Waals surface area contributed by atoms with Gasteiger partial charge in [0.15, 0.2) is 5.96 Å². The van der Waals surface area contributed by atoms with Gasteiger partial charge in [0.1, 0.15) is 5.75 Å². The molecule has 2 rings (SSSR count). The summed E-state index contributed by atoms with van der Waals surface area (Å²) < 4.78 is 10.2. The SMILES string of the molecule is CCNC(=NCC(C)C(=O)OC)NC1CCN(c2ccccc2OC)C1. The van der Waals surface area contributed by atoms with E-state index in [0.717, 1.165) is 43.5 Å². The van der Waals surface area contributed by atoms with Crippen LogP contribution in [0.4, 0.5) is 5.69 Å². The lowest BCUT2D eigenvalue weighted by Gasteiger charge is -2.22. The van der Waals surface area contributed by atoms with Crippen molar-refractivity contribution in [2.45, 2.75) is 26.3 Å². The molecule has 1 aliphatic heterocycles. The third-order valence-corrected chi connectivity index (χ3v) is 4.43. The van der Waals surface area contributed by atoms with Crippen LogP contribution in [0.25, 0.3) is 0 Å². The number of rotatable bonds is 7. The second kappa shape index (κ2) is 9.89. The maximum atomic E-state index is 11.5. The van der Waals surface area contributed by atoms with E-state index in [0.29, 0.717) is 6.54 Å². The number of esters is 1. The van der Waals surface area contributed by atoms with Gasteiger partial charge < -0.3 is 25.0 Å². The smallest absolute Gasteiger partial charge is 0.310 e. The molecule has 1 aromatic carbocycles. The maximum absolute atomic E-state index is 11.5. The van der Waals surface area contributed by atoms with Gasteiger partial charge in [0.25, 0.3) is 0 Å². The number of hydrogen-bond donors (Lipinski definition) is 2. The number of benzene rings is 1. The van der Waals surface area contributed by atoms with Gasteiger partial charge in [-0.2, -0.15) is 0 Å². The van der Waals surface area contributed by atoms with Crippen LogP contribution in [0.3, 0.4) is 0 Å². The predicted octanol–water partition coefficient (Wildman–Crippen LogP) is 1.64. The fourth-order valence-corrected chi connectivity index (χ4v) is 3.01. The van der Waals surface area contributed by atoms with E-state index < -0.39 is 0 Å². The van der Waals surface area contributed by atoms with E-state index in [2.05, 4.69) is 26.6 Å². The van der Waals surface area contributed by atoms with Crippen LogP contribution in [0.5, 0.6) is 5.75 Å². The van der Waals surface area contributed by atoms with Gasteiger partial charge in [0.05, 0.1) is 32.4 Å². The van der Waals surface area contributed by atoms with E-state index in [-0.39, 0.29) is 17.9 Å². The summed E-state index contributed by atoms with van der Waals surface area (Å²) in [6, 6.07) is 8.35. The van der Waals surface area contributed by atoms with Crippen LogP contribution in [0.15, 0.2) is 29.3 Å². The first-order valence-electron chi connectivity index (χ1n) is 9.09. The highest BCUT2D eigenvalue weighted by Gasteiger charge is 2.25. The number of aliphatic imine (C=N–C) groups is 1. The molecule has 26 heavy (non-hydrogen) atoms. The first-order valence-corrected chi connectivity index (χ1v) is 9.09. The molecule has 2 N–H and O–H groups in total. The third-order valence-electron chi connectivity index (χ3n) is 4.43. The van der Waals surface area contributed by atoms with Gasteiger partial charge in [0, 0.05) is 25.7 Å². The third kappa shape index (κ3) is 5.28. The molecule has 7 heteroatoms. The van der Waals surface area contributed by atoms with E-state index in [1.54, 1.807) is 7.11 Å². The quantitative estimate of drug-likeness (QED) is 0.436. The summed E-state index contributed by atoms with van der Waals surface area (Å²) in [4.78, 5) is 18.4. The number of carbonyl (C=O) groups is 1. The zero-order chi connectivity index (χ0) is 18.9. The maximum Gasteiger partial charge on any atom is 0.310 e. The summed E-state index contributed by atoms with van der Waals surface area (Å²) in [5, 5.41) is 6.71. The van der Waals surface area contributed by atoms with Crippen molar-refractivity contribution in [1.29, 1.82) is 0 Å². The van der Waals surface area contributed by atoms with Gasteiger partial charge in [0.2, 0.25) is 0 Å². The molecule has 0 amide bonds. The molecule has 0 radical (unpaired) electrons.